The molecule has 2 aromatic heterocycles. The quantitative estimate of drug-likeness (QED) is 0.524. The molecule has 0 fully saturated rings. The third kappa shape index (κ3) is 2.43. The molecule has 2 N–H and O–H groups in total. The average Bonchev–Trinajstić information content (AvgIpc) is 3.18. The van der Waals surface area contributed by atoms with Gasteiger partial charge in [-0.1, -0.05) is 24.1 Å². The Morgan fingerprint density at radius 3 is 2.78 bits per heavy atom. The van der Waals surface area contributed by atoms with Crippen LogP contribution in [-0.4, -0.2) is 12.0 Å². The van der Waals surface area contributed by atoms with Crippen molar-refractivity contribution < 1.29 is 0 Å². The third-order valence-corrected chi connectivity index (χ3v) is 5.07. The molecule has 2 aromatic carbocycles. The first-order chi connectivity index (χ1) is 11.3. The summed E-state index contributed by atoms with van der Waals surface area (Å²) in [5.74, 6) is 2.69. The van der Waals surface area contributed by atoms with E-state index in [1.165, 1.54) is 32.3 Å². The second kappa shape index (κ2) is 5.58. The molecule has 0 saturated heterocycles. The van der Waals surface area contributed by atoms with Gasteiger partial charge in [0, 0.05) is 44.2 Å². The van der Waals surface area contributed by atoms with Gasteiger partial charge in [-0.2, -0.15) is 0 Å². The van der Waals surface area contributed by atoms with Gasteiger partial charge in [0.25, 0.3) is 0 Å². The fourth-order valence-electron chi connectivity index (χ4n) is 2.98. The molecule has 112 valence electrons. The lowest BCUT2D eigenvalue weighted by atomic mass is 10.1. The van der Waals surface area contributed by atoms with E-state index in [0.717, 1.165) is 17.6 Å². The van der Waals surface area contributed by atoms with Gasteiger partial charge in [-0.25, -0.2) is 0 Å². The fourth-order valence-corrected chi connectivity index (χ4v) is 3.83. The van der Waals surface area contributed by atoms with Gasteiger partial charge in [-0.05, 0) is 42.4 Å². The van der Waals surface area contributed by atoms with Crippen molar-refractivity contribution in [1.29, 1.82) is 0 Å². The van der Waals surface area contributed by atoms with E-state index in [2.05, 4.69) is 58.7 Å². The van der Waals surface area contributed by atoms with Crippen LogP contribution in [0.25, 0.3) is 32.2 Å². The number of rotatable bonds is 3. The monoisotopic (exact) mass is 316 g/mol. The maximum Gasteiger partial charge on any atom is 0.0471 e. The molecule has 23 heavy (non-hydrogen) atoms. The van der Waals surface area contributed by atoms with Gasteiger partial charge < -0.3 is 10.3 Å². The van der Waals surface area contributed by atoms with Crippen LogP contribution in [0.1, 0.15) is 11.1 Å². The van der Waals surface area contributed by atoms with Gasteiger partial charge >= 0.3 is 0 Å². The Bertz CT molecular complexity index is 1050. The summed E-state index contributed by atoms with van der Waals surface area (Å²) >= 11 is 1.69. The molecule has 3 heteroatoms. The second-order valence-corrected chi connectivity index (χ2v) is 6.55. The molecule has 0 saturated carbocycles. The van der Waals surface area contributed by atoms with E-state index >= 15 is 0 Å². The maximum atomic E-state index is 5.47. The minimum atomic E-state index is 0.880. The van der Waals surface area contributed by atoms with Crippen LogP contribution in [0.5, 0.6) is 0 Å². The van der Waals surface area contributed by atoms with E-state index in [1.54, 1.807) is 11.3 Å². The standard InChI is InChI=1S/C20H16N2S/c1-3-13-9-20(23-12-13)15-5-6-16-17-8-14(11-21-2)4-7-18(17)22-19(16)10-15/h1,4-10,12,21-22H,11H2,2H3. The van der Waals surface area contributed by atoms with Gasteiger partial charge in [0.1, 0.15) is 0 Å². The largest absolute Gasteiger partial charge is 0.354 e. The minimum absolute atomic E-state index is 0.880. The number of H-pyrrole nitrogens is 1. The molecule has 4 aromatic rings. The molecular weight excluding hydrogens is 300 g/mol. The third-order valence-electron chi connectivity index (χ3n) is 4.09. The van der Waals surface area contributed by atoms with Gasteiger partial charge in [0.05, 0.1) is 0 Å². The van der Waals surface area contributed by atoms with E-state index in [9.17, 15) is 0 Å². The normalized spacial score (nSPS) is 11.1. The second-order valence-electron chi connectivity index (χ2n) is 5.64. The predicted molar refractivity (Wildman–Crippen MR) is 99.8 cm³/mol. The molecule has 0 radical (unpaired) electrons. The van der Waals surface area contributed by atoms with Gasteiger partial charge in [-0.3, -0.25) is 0 Å². The van der Waals surface area contributed by atoms with Crippen molar-refractivity contribution in [3.05, 3.63) is 59.0 Å². The van der Waals surface area contributed by atoms with E-state index in [-0.39, 0.29) is 0 Å². The zero-order chi connectivity index (χ0) is 15.8. The molecule has 0 bridgehead atoms. The number of fused-ring (bicyclic) bond motifs is 3. The summed E-state index contributed by atoms with van der Waals surface area (Å²) < 4.78 is 0. The highest BCUT2D eigenvalue weighted by molar-refractivity contribution is 7.13. The number of hydrogen-bond acceptors (Lipinski definition) is 2. The van der Waals surface area contributed by atoms with E-state index in [0.29, 0.717) is 0 Å². The van der Waals surface area contributed by atoms with Gasteiger partial charge in [0.15, 0.2) is 0 Å². The first-order valence-corrected chi connectivity index (χ1v) is 8.41. The van der Waals surface area contributed by atoms with E-state index in [4.69, 9.17) is 6.42 Å². The number of aromatic amines is 1. The lowest BCUT2D eigenvalue weighted by Crippen LogP contribution is -2.04. The van der Waals surface area contributed by atoms with Crippen molar-refractivity contribution in [3.8, 4) is 22.8 Å². The van der Waals surface area contributed by atoms with Crippen LogP contribution in [0.3, 0.4) is 0 Å². The summed E-state index contributed by atoms with van der Waals surface area (Å²) in [6, 6.07) is 15.2. The number of hydrogen-bond donors (Lipinski definition) is 2. The van der Waals surface area contributed by atoms with Crippen molar-refractivity contribution in [1.82, 2.24) is 10.3 Å². The lowest BCUT2D eigenvalue weighted by molar-refractivity contribution is 0.819. The van der Waals surface area contributed by atoms with E-state index < -0.39 is 0 Å². The fraction of sp³-hybridized carbons (Fsp3) is 0.100. The molecule has 0 aliphatic carbocycles. The molecule has 2 nitrogen and oxygen atoms in total. The first-order valence-electron chi connectivity index (χ1n) is 7.53. The summed E-state index contributed by atoms with van der Waals surface area (Å²) in [4.78, 5) is 4.73. The van der Waals surface area contributed by atoms with E-state index in [1.807, 2.05) is 12.4 Å². The van der Waals surface area contributed by atoms with Crippen molar-refractivity contribution in [3.63, 3.8) is 0 Å². The molecule has 0 amide bonds. The Balaban J connectivity index is 1.86. The SMILES string of the molecule is C#Cc1csc(-c2ccc3c(c2)[nH]c2ccc(CNC)cc23)c1. The number of benzene rings is 2. The molecule has 0 aliphatic rings. The smallest absolute Gasteiger partial charge is 0.0471 e. The maximum absolute atomic E-state index is 5.47. The zero-order valence-electron chi connectivity index (χ0n) is 12.8. The van der Waals surface area contributed by atoms with Crippen LogP contribution in [0.2, 0.25) is 0 Å². The molecule has 0 unspecified atom stereocenters. The van der Waals surface area contributed by atoms with Gasteiger partial charge in [-0.15, -0.1) is 17.8 Å². The lowest BCUT2D eigenvalue weighted by Gasteiger charge is -2.00. The molecular formula is C20H16N2S. The summed E-state index contributed by atoms with van der Waals surface area (Å²) in [5.41, 5.74) is 5.77. The van der Waals surface area contributed by atoms with Crippen LogP contribution in [0, 0.1) is 12.3 Å². The van der Waals surface area contributed by atoms with Crippen LogP contribution in [0.15, 0.2) is 47.8 Å². The van der Waals surface area contributed by atoms with Crippen LogP contribution >= 0.6 is 11.3 Å². The Labute approximate surface area is 139 Å². The van der Waals surface area contributed by atoms with Crippen molar-refractivity contribution in [2.24, 2.45) is 0 Å². The first kappa shape index (κ1) is 14.1. The molecule has 0 atom stereocenters. The Morgan fingerprint density at radius 2 is 2.00 bits per heavy atom. The highest BCUT2D eigenvalue weighted by Crippen LogP contribution is 2.32. The van der Waals surface area contributed by atoms with Crippen LogP contribution < -0.4 is 5.32 Å². The highest BCUT2D eigenvalue weighted by atomic mass is 32.1. The predicted octanol–water partition coefficient (Wildman–Crippen LogP) is 4.75. The average molecular weight is 316 g/mol. The number of nitrogens with one attached hydrogen (secondary N) is 2. The Kier molecular flexibility index (Phi) is 3.42. The zero-order valence-corrected chi connectivity index (χ0v) is 13.6. The summed E-state index contributed by atoms with van der Waals surface area (Å²) in [6.07, 6.45) is 5.47. The highest BCUT2D eigenvalue weighted by Gasteiger charge is 2.08. The van der Waals surface area contributed by atoms with Gasteiger partial charge in [0.2, 0.25) is 0 Å². The van der Waals surface area contributed by atoms with Crippen molar-refractivity contribution >= 4 is 33.1 Å². The Hall–Kier alpha value is -2.54. The topological polar surface area (TPSA) is 27.8 Å². The molecule has 0 aliphatic heterocycles. The summed E-state index contributed by atoms with van der Waals surface area (Å²) in [7, 11) is 1.97. The molecule has 2 heterocycles. The minimum Gasteiger partial charge on any atom is -0.354 e. The molecule has 0 spiro atoms. The van der Waals surface area contributed by atoms with Crippen LogP contribution in [0.4, 0.5) is 0 Å². The Morgan fingerprint density at radius 1 is 1.09 bits per heavy atom. The molecule has 4 rings (SSSR count). The summed E-state index contributed by atoms with van der Waals surface area (Å²) in [6.45, 7) is 0.880. The summed E-state index contributed by atoms with van der Waals surface area (Å²) in [5, 5.41) is 7.76. The number of thiophene rings is 1. The number of terminal acetylenes is 1. The number of aromatic nitrogens is 1. The van der Waals surface area contributed by atoms with Crippen molar-refractivity contribution in [2.75, 3.05) is 7.05 Å². The van der Waals surface area contributed by atoms with Crippen LogP contribution in [-0.2, 0) is 6.54 Å². The van der Waals surface area contributed by atoms with Crippen molar-refractivity contribution in [2.45, 2.75) is 6.54 Å².